The lowest BCUT2D eigenvalue weighted by Gasteiger charge is -2.14. The van der Waals surface area contributed by atoms with Gasteiger partial charge in [0.2, 0.25) is 0 Å². The monoisotopic (exact) mass is 320 g/mol. The first kappa shape index (κ1) is 15.5. The van der Waals surface area contributed by atoms with E-state index in [0.29, 0.717) is 6.61 Å². The Kier molecular flexibility index (Phi) is 3.80. The normalized spacial score (nSPS) is 13.4. The topological polar surface area (TPSA) is 18.5 Å². The first-order valence-corrected chi connectivity index (χ1v) is 7.17. The molecule has 0 atom stereocenters. The van der Waals surface area contributed by atoms with Crippen molar-refractivity contribution in [3.63, 3.8) is 0 Å². The van der Waals surface area contributed by atoms with Crippen LogP contribution in [0.2, 0.25) is 0 Å². The van der Waals surface area contributed by atoms with Crippen molar-refractivity contribution >= 4 is 6.08 Å². The molecule has 0 unspecified atom stereocenters. The summed E-state index contributed by atoms with van der Waals surface area (Å²) in [7, 11) is 0. The first-order chi connectivity index (χ1) is 10.9. The summed E-state index contributed by atoms with van der Waals surface area (Å²) in [6.45, 7) is 6.45. The molecule has 1 heterocycles. The van der Waals surface area contributed by atoms with Gasteiger partial charge in [0.15, 0.2) is 0 Å². The standard InChI is InChI=1S/C18H15F3O2/c1-3-12-10-16(17-15(11(12)2)8-9-22-17)13-4-6-14(7-5-13)23-18(19,20)21/h3-7,10H,1,8-9H2,2H3. The van der Waals surface area contributed by atoms with Gasteiger partial charge in [-0.3, -0.25) is 0 Å². The maximum Gasteiger partial charge on any atom is 0.573 e. The first-order valence-electron chi connectivity index (χ1n) is 7.17. The predicted molar refractivity (Wildman–Crippen MR) is 82.6 cm³/mol. The molecule has 0 saturated carbocycles. The molecule has 0 fully saturated rings. The highest BCUT2D eigenvalue weighted by atomic mass is 19.4. The summed E-state index contributed by atoms with van der Waals surface area (Å²) in [5.41, 5.74) is 4.90. The van der Waals surface area contributed by atoms with Gasteiger partial charge in [-0.25, -0.2) is 0 Å². The maximum atomic E-state index is 12.2. The lowest BCUT2D eigenvalue weighted by Crippen LogP contribution is -2.16. The summed E-state index contributed by atoms with van der Waals surface area (Å²) in [6.07, 6.45) is -2.09. The Morgan fingerprint density at radius 3 is 2.52 bits per heavy atom. The number of benzene rings is 2. The fourth-order valence-corrected chi connectivity index (χ4v) is 2.82. The lowest BCUT2D eigenvalue weighted by molar-refractivity contribution is -0.274. The second-order valence-corrected chi connectivity index (χ2v) is 5.32. The van der Waals surface area contributed by atoms with Crippen LogP contribution in [0.5, 0.6) is 11.5 Å². The summed E-state index contributed by atoms with van der Waals surface area (Å²) in [4.78, 5) is 0. The van der Waals surface area contributed by atoms with Crippen LogP contribution in [0.3, 0.4) is 0 Å². The largest absolute Gasteiger partial charge is 0.573 e. The summed E-state index contributed by atoms with van der Waals surface area (Å²) in [5.74, 6) is 0.562. The van der Waals surface area contributed by atoms with Crippen molar-refractivity contribution in [2.45, 2.75) is 19.7 Å². The minimum atomic E-state index is -4.69. The molecule has 0 bridgehead atoms. The zero-order chi connectivity index (χ0) is 16.6. The highest BCUT2D eigenvalue weighted by molar-refractivity contribution is 5.78. The Labute approximate surface area is 132 Å². The predicted octanol–water partition coefficient (Wildman–Crippen LogP) is 5.14. The third kappa shape index (κ3) is 3.04. The minimum absolute atomic E-state index is 0.241. The van der Waals surface area contributed by atoms with E-state index in [1.165, 1.54) is 12.1 Å². The summed E-state index contributed by atoms with van der Waals surface area (Å²) in [6, 6.07) is 7.75. The molecule has 5 heteroatoms. The third-order valence-corrected chi connectivity index (χ3v) is 3.92. The number of fused-ring (bicyclic) bond motifs is 1. The number of halogens is 3. The minimum Gasteiger partial charge on any atom is -0.492 e. The molecule has 1 aliphatic rings. The van der Waals surface area contributed by atoms with Crippen LogP contribution in [-0.2, 0) is 6.42 Å². The van der Waals surface area contributed by atoms with Gasteiger partial charge in [0, 0.05) is 17.5 Å². The molecule has 23 heavy (non-hydrogen) atoms. The van der Waals surface area contributed by atoms with Gasteiger partial charge >= 0.3 is 6.36 Å². The smallest absolute Gasteiger partial charge is 0.492 e. The Hall–Kier alpha value is -2.43. The van der Waals surface area contributed by atoms with Gasteiger partial charge in [-0.15, -0.1) is 13.2 Å². The van der Waals surface area contributed by atoms with E-state index in [-0.39, 0.29) is 5.75 Å². The fraction of sp³-hybridized carbons (Fsp3) is 0.222. The molecule has 3 rings (SSSR count). The summed E-state index contributed by atoms with van der Waals surface area (Å²) in [5, 5.41) is 0. The van der Waals surface area contributed by atoms with Crippen molar-refractivity contribution in [3.05, 3.63) is 53.6 Å². The van der Waals surface area contributed by atoms with Crippen LogP contribution in [0.4, 0.5) is 13.2 Å². The van der Waals surface area contributed by atoms with E-state index < -0.39 is 6.36 Å². The molecule has 2 aromatic carbocycles. The van der Waals surface area contributed by atoms with Crippen molar-refractivity contribution in [2.75, 3.05) is 6.61 Å². The van der Waals surface area contributed by atoms with Crippen molar-refractivity contribution in [2.24, 2.45) is 0 Å². The summed E-state index contributed by atoms with van der Waals surface area (Å²) >= 11 is 0. The number of rotatable bonds is 3. The van der Waals surface area contributed by atoms with Gasteiger partial charge in [0.25, 0.3) is 0 Å². The van der Waals surface area contributed by atoms with E-state index in [2.05, 4.69) is 11.3 Å². The fourth-order valence-electron chi connectivity index (χ4n) is 2.82. The van der Waals surface area contributed by atoms with E-state index in [0.717, 1.165) is 40.0 Å². The lowest BCUT2D eigenvalue weighted by atomic mass is 9.93. The molecule has 0 N–H and O–H groups in total. The third-order valence-electron chi connectivity index (χ3n) is 3.92. The maximum absolute atomic E-state index is 12.2. The second-order valence-electron chi connectivity index (χ2n) is 5.32. The molecule has 2 aromatic rings. The zero-order valence-electron chi connectivity index (χ0n) is 12.5. The van der Waals surface area contributed by atoms with Gasteiger partial charge in [-0.05, 0) is 41.8 Å². The van der Waals surface area contributed by atoms with E-state index in [1.807, 2.05) is 13.0 Å². The van der Waals surface area contributed by atoms with Crippen molar-refractivity contribution < 1.29 is 22.6 Å². The van der Waals surface area contributed by atoms with E-state index in [4.69, 9.17) is 4.74 Å². The molecule has 1 aliphatic heterocycles. The van der Waals surface area contributed by atoms with Crippen LogP contribution in [0.25, 0.3) is 17.2 Å². The van der Waals surface area contributed by atoms with Crippen molar-refractivity contribution in [1.82, 2.24) is 0 Å². The molecule has 120 valence electrons. The van der Waals surface area contributed by atoms with Gasteiger partial charge in [-0.1, -0.05) is 24.8 Å². The van der Waals surface area contributed by atoms with Crippen molar-refractivity contribution in [1.29, 1.82) is 0 Å². The van der Waals surface area contributed by atoms with Crippen LogP contribution in [0.15, 0.2) is 36.9 Å². The Morgan fingerprint density at radius 1 is 1.22 bits per heavy atom. The van der Waals surface area contributed by atoms with Gasteiger partial charge < -0.3 is 9.47 Å². The van der Waals surface area contributed by atoms with E-state index in [9.17, 15) is 13.2 Å². The number of hydrogen-bond donors (Lipinski definition) is 0. The van der Waals surface area contributed by atoms with Gasteiger partial charge in [0.1, 0.15) is 11.5 Å². The van der Waals surface area contributed by atoms with Crippen LogP contribution < -0.4 is 9.47 Å². The van der Waals surface area contributed by atoms with Crippen LogP contribution in [-0.4, -0.2) is 13.0 Å². The molecule has 0 spiro atoms. The number of hydrogen-bond acceptors (Lipinski definition) is 2. The molecule has 0 amide bonds. The van der Waals surface area contributed by atoms with E-state index >= 15 is 0 Å². The second kappa shape index (κ2) is 5.65. The quantitative estimate of drug-likeness (QED) is 0.780. The molecule has 0 aromatic heterocycles. The number of ether oxygens (including phenoxy) is 2. The Bertz CT molecular complexity index is 746. The Balaban J connectivity index is 2.02. The van der Waals surface area contributed by atoms with Gasteiger partial charge in [-0.2, -0.15) is 0 Å². The molecular formula is C18H15F3O2. The van der Waals surface area contributed by atoms with Crippen molar-refractivity contribution in [3.8, 4) is 22.6 Å². The van der Waals surface area contributed by atoms with Gasteiger partial charge in [0.05, 0.1) is 6.61 Å². The SMILES string of the molecule is C=Cc1cc(-c2ccc(OC(F)(F)F)cc2)c2c(c1C)CCO2. The average Bonchev–Trinajstić information content (AvgIpc) is 2.97. The molecule has 0 saturated heterocycles. The van der Waals surface area contributed by atoms with E-state index in [1.54, 1.807) is 18.2 Å². The number of alkyl halides is 3. The summed E-state index contributed by atoms with van der Waals surface area (Å²) < 4.78 is 46.3. The van der Waals surface area contributed by atoms with Crippen LogP contribution in [0, 0.1) is 6.92 Å². The highest BCUT2D eigenvalue weighted by Gasteiger charge is 2.31. The highest BCUT2D eigenvalue weighted by Crippen LogP contribution is 2.41. The van der Waals surface area contributed by atoms with Crippen LogP contribution >= 0.6 is 0 Å². The molecular weight excluding hydrogens is 305 g/mol. The molecule has 2 nitrogen and oxygen atoms in total. The zero-order valence-corrected chi connectivity index (χ0v) is 12.5. The van der Waals surface area contributed by atoms with Crippen LogP contribution in [0.1, 0.15) is 16.7 Å². The molecule has 0 aliphatic carbocycles. The molecule has 0 radical (unpaired) electrons. The Morgan fingerprint density at radius 2 is 1.91 bits per heavy atom. The average molecular weight is 320 g/mol.